The predicted octanol–water partition coefficient (Wildman–Crippen LogP) is 3.26. The smallest absolute Gasteiger partial charge is 0.310 e. The van der Waals surface area contributed by atoms with E-state index in [9.17, 15) is 14.4 Å². The Morgan fingerprint density at radius 2 is 1.94 bits per heavy atom. The van der Waals surface area contributed by atoms with Crippen molar-refractivity contribution in [2.75, 3.05) is 26.2 Å². The fourth-order valence-corrected chi connectivity index (χ4v) is 4.66. The van der Waals surface area contributed by atoms with Gasteiger partial charge in [-0.2, -0.15) is 5.10 Å². The van der Waals surface area contributed by atoms with Crippen LogP contribution in [0.3, 0.4) is 0 Å². The molecule has 0 radical (unpaired) electrons. The number of halogens is 2. The zero-order chi connectivity index (χ0) is 22.8. The van der Waals surface area contributed by atoms with Gasteiger partial charge in [0.15, 0.2) is 5.69 Å². The van der Waals surface area contributed by atoms with Crippen molar-refractivity contribution in [3.8, 4) is 0 Å². The molecule has 170 valence electrons. The molecule has 1 saturated heterocycles. The van der Waals surface area contributed by atoms with Gasteiger partial charge in [-0.3, -0.25) is 19.1 Å². The van der Waals surface area contributed by atoms with Gasteiger partial charge >= 0.3 is 5.97 Å². The van der Waals surface area contributed by atoms with Gasteiger partial charge in [0.1, 0.15) is 5.69 Å². The average Bonchev–Trinajstić information content (AvgIpc) is 3.23. The van der Waals surface area contributed by atoms with E-state index in [1.165, 1.54) is 6.07 Å². The topological polar surface area (TPSA) is 84.7 Å². The van der Waals surface area contributed by atoms with Crippen LogP contribution in [0.5, 0.6) is 0 Å². The summed E-state index contributed by atoms with van der Waals surface area (Å²) >= 11 is 12.5. The number of fused-ring (bicyclic) bond motifs is 1. The summed E-state index contributed by atoms with van der Waals surface area (Å²) < 4.78 is 6.67. The van der Waals surface area contributed by atoms with Gasteiger partial charge in [0.25, 0.3) is 11.8 Å². The number of carbonyl (C=O) groups excluding carboxylic acids is 3. The summed E-state index contributed by atoms with van der Waals surface area (Å²) in [7, 11) is 0. The third-order valence-electron chi connectivity index (χ3n) is 5.83. The average molecular weight is 479 g/mol. The molecule has 0 aliphatic carbocycles. The van der Waals surface area contributed by atoms with E-state index in [0.29, 0.717) is 66.9 Å². The monoisotopic (exact) mass is 478 g/mol. The molecule has 1 atom stereocenters. The first-order valence-electron chi connectivity index (χ1n) is 10.6. The molecule has 10 heteroatoms. The molecule has 0 N–H and O–H groups in total. The van der Waals surface area contributed by atoms with Crippen molar-refractivity contribution in [1.82, 2.24) is 19.6 Å². The number of hydrogen-bond acceptors (Lipinski definition) is 5. The van der Waals surface area contributed by atoms with Gasteiger partial charge in [0, 0.05) is 47.9 Å². The molecule has 1 fully saturated rings. The van der Waals surface area contributed by atoms with Crippen LogP contribution in [0.1, 0.15) is 46.3 Å². The summed E-state index contributed by atoms with van der Waals surface area (Å²) in [6.07, 6.45) is 1.41. The molecule has 1 aromatic heterocycles. The van der Waals surface area contributed by atoms with Crippen molar-refractivity contribution in [1.29, 1.82) is 0 Å². The first-order chi connectivity index (χ1) is 15.4. The minimum Gasteiger partial charge on any atom is -0.466 e. The number of likely N-dealkylation sites (tertiary alicyclic amines) is 1. The second-order valence-corrected chi connectivity index (χ2v) is 8.72. The fourth-order valence-electron chi connectivity index (χ4n) is 4.14. The van der Waals surface area contributed by atoms with Crippen LogP contribution in [0, 0.1) is 5.92 Å². The summed E-state index contributed by atoms with van der Waals surface area (Å²) in [6.45, 7) is 4.08. The molecule has 2 amide bonds. The number of nitrogens with zero attached hydrogens (tertiary/aromatic N) is 4. The molecule has 32 heavy (non-hydrogen) atoms. The molecule has 2 aromatic rings. The molecule has 4 rings (SSSR count). The molecule has 1 aromatic carbocycles. The molecule has 8 nitrogen and oxygen atoms in total. The van der Waals surface area contributed by atoms with Crippen LogP contribution in [0.15, 0.2) is 24.3 Å². The van der Waals surface area contributed by atoms with Gasteiger partial charge in [-0.05, 0) is 31.9 Å². The fraction of sp³-hybridized carbons (Fsp3) is 0.455. The highest BCUT2D eigenvalue weighted by Gasteiger charge is 2.33. The summed E-state index contributed by atoms with van der Waals surface area (Å²) in [4.78, 5) is 41.5. The number of benzene rings is 1. The van der Waals surface area contributed by atoms with Crippen LogP contribution in [0.4, 0.5) is 0 Å². The molecule has 2 aliphatic rings. The number of hydrogen-bond donors (Lipinski definition) is 0. The summed E-state index contributed by atoms with van der Waals surface area (Å²) in [6, 6.07) is 6.76. The Balaban J connectivity index is 1.48. The second-order valence-electron chi connectivity index (χ2n) is 7.91. The van der Waals surface area contributed by atoms with E-state index >= 15 is 0 Å². The highest BCUT2D eigenvalue weighted by atomic mass is 35.5. The summed E-state index contributed by atoms with van der Waals surface area (Å²) in [5, 5.41) is 5.37. The Hall–Kier alpha value is -2.58. The quantitative estimate of drug-likeness (QED) is 0.615. The zero-order valence-electron chi connectivity index (χ0n) is 17.7. The van der Waals surface area contributed by atoms with Crippen LogP contribution >= 0.6 is 23.2 Å². The Bertz CT molecular complexity index is 1030. The van der Waals surface area contributed by atoms with Crippen LogP contribution in [0.25, 0.3) is 0 Å². The largest absolute Gasteiger partial charge is 0.466 e. The SMILES string of the molecule is CCOC(=O)C1CCCN(C(=O)c2cc3n(n2)CCN(Cc2c(Cl)cccc2Cl)C3=O)C1. The molecule has 0 saturated carbocycles. The molecule has 1 unspecified atom stereocenters. The number of aromatic nitrogens is 2. The lowest BCUT2D eigenvalue weighted by atomic mass is 9.98. The molecular weight excluding hydrogens is 455 g/mol. The third kappa shape index (κ3) is 4.47. The lowest BCUT2D eigenvalue weighted by molar-refractivity contribution is -0.149. The van der Waals surface area contributed by atoms with Crippen LogP contribution in [-0.4, -0.2) is 63.6 Å². The minimum absolute atomic E-state index is 0.204. The molecule has 2 aliphatic heterocycles. The van der Waals surface area contributed by atoms with Gasteiger partial charge < -0.3 is 14.5 Å². The number of carbonyl (C=O) groups is 3. The van der Waals surface area contributed by atoms with Gasteiger partial charge in [-0.1, -0.05) is 29.3 Å². The van der Waals surface area contributed by atoms with E-state index in [-0.39, 0.29) is 35.9 Å². The Morgan fingerprint density at radius 1 is 1.19 bits per heavy atom. The molecule has 0 spiro atoms. The van der Waals surface area contributed by atoms with E-state index in [4.69, 9.17) is 27.9 Å². The maximum absolute atomic E-state index is 13.1. The van der Waals surface area contributed by atoms with Crippen molar-refractivity contribution in [2.45, 2.75) is 32.9 Å². The summed E-state index contributed by atoms with van der Waals surface area (Å²) in [5.41, 5.74) is 1.24. The van der Waals surface area contributed by atoms with Crippen molar-refractivity contribution in [2.24, 2.45) is 5.92 Å². The van der Waals surface area contributed by atoms with Crippen molar-refractivity contribution in [3.63, 3.8) is 0 Å². The maximum atomic E-state index is 13.1. The highest BCUT2D eigenvalue weighted by molar-refractivity contribution is 6.36. The van der Waals surface area contributed by atoms with E-state index in [2.05, 4.69) is 5.10 Å². The number of rotatable bonds is 5. The number of amides is 2. The lowest BCUT2D eigenvalue weighted by Crippen LogP contribution is -2.43. The highest BCUT2D eigenvalue weighted by Crippen LogP contribution is 2.27. The first-order valence-corrected chi connectivity index (χ1v) is 11.4. The summed E-state index contributed by atoms with van der Waals surface area (Å²) in [5.74, 6) is -1.13. The lowest BCUT2D eigenvalue weighted by Gasteiger charge is -2.31. The van der Waals surface area contributed by atoms with Gasteiger partial charge in [0.05, 0.1) is 19.1 Å². The maximum Gasteiger partial charge on any atom is 0.310 e. The van der Waals surface area contributed by atoms with Gasteiger partial charge in [-0.15, -0.1) is 0 Å². The van der Waals surface area contributed by atoms with E-state index in [0.717, 1.165) is 0 Å². The van der Waals surface area contributed by atoms with E-state index in [1.807, 2.05) is 0 Å². The molecule has 3 heterocycles. The standard InChI is InChI=1S/C22H24Cl2N4O4/c1-2-32-22(31)14-5-4-8-26(12-14)20(29)18-11-19-21(30)27(9-10-28(19)25-18)13-15-16(23)6-3-7-17(15)24/h3,6-7,11,14H,2,4-5,8-10,12-13H2,1H3. The predicted molar refractivity (Wildman–Crippen MR) is 119 cm³/mol. The van der Waals surface area contributed by atoms with E-state index < -0.39 is 0 Å². The Labute approximate surface area is 196 Å². The van der Waals surface area contributed by atoms with Gasteiger partial charge in [-0.25, -0.2) is 0 Å². The second kappa shape index (κ2) is 9.50. The number of esters is 1. The third-order valence-corrected chi connectivity index (χ3v) is 6.53. The number of ether oxygens (including phenoxy) is 1. The van der Waals surface area contributed by atoms with Crippen LogP contribution in [0.2, 0.25) is 10.0 Å². The van der Waals surface area contributed by atoms with Crippen molar-refractivity contribution < 1.29 is 19.1 Å². The van der Waals surface area contributed by atoms with Crippen LogP contribution < -0.4 is 0 Å². The Kier molecular flexibility index (Phi) is 6.71. The van der Waals surface area contributed by atoms with Crippen molar-refractivity contribution >= 4 is 41.0 Å². The normalized spacial score (nSPS) is 18.5. The van der Waals surface area contributed by atoms with Crippen LogP contribution in [-0.2, 0) is 22.6 Å². The van der Waals surface area contributed by atoms with Crippen molar-refractivity contribution in [3.05, 3.63) is 51.3 Å². The molecule has 0 bridgehead atoms. The van der Waals surface area contributed by atoms with E-state index in [1.54, 1.807) is 39.6 Å². The first kappa shape index (κ1) is 22.6. The molecular formula is C22H24Cl2N4O4. The Morgan fingerprint density at radius 3 is 2.66 bits per heavy atom. The number of piperidine rings is 1. The zero-order valence-corrected chi connectivity index (χ0v) is 19.2. The van der Waals surface area contributed by atoms with Gasteiger partial charge in [0.2, 0.25) is 0 Å². The minimum atomic E-state index is -0.331.